The minimum Gasteiger partial charge on any atom is -0.465 e. The first kappa shape index (κ1) is 16.5. The van der Waals surface area contributed by atoms with Gasteiger partial charge in [0.1, 0.15) is 11.5 Å². The monoisotopic (exact) mass is 294 g/mol. The van der Waals surface area contributed by atoms with Gasteiger partial charge < -0.3 is 9.52 Å². The molecule has 0 unspecified atom stereocenters. The van der Waals surface area contributed by atoms with Gasteiger partial charge in [0.25, 0.3) is 0 Å². The summed E-state index contributed by atoms with van der Waals surface area (Å²) in [6, 6.07) is 4.64. The molecule has 0 aromatic carbocycles. The zero-order valence-electron chi connectivity index (χ0n) is 13.7. The first-order valence-corrected chi connectivity index (χ1v) is 8.27. The molecule has 0 bridgehead atoms. The third-order valence-electron chi connectivity index (χ3n) is 4.20. The highest BCUT2D eigenvalue weighted by atomic mass is 16.3. The van der Waals surface area contributed by atoms with Crippen molar-refractivity contribution in [1.29, 1.82) is 0 Å². The zero-order valence-corrected chi connectivity index (χ0v) is 13.7. The maximum atomic E-state index is 9.32. The van der Waals surface area contributed by atoms with Gasteiger partial charge in [-0.05, 0) is 24.5 Å². The summed E-state index contributed by atoms with van der Waals surface area (Å²) in [5, 5.41) is 9.32. The summed E-state index contributed by atoms with van der Waals surface area (Å²) in [5.74, 6) is 2.80. The van der Waals surface area contributed by atoms with Gasteiger partial charge in [-0.25, -0.2) is 0 Å². The molecule has 1 atom stereocenters. The Morgan fingerprint density at radius 2 is 2.05 bits per heavy atom. The largest absolute Gasteiger partial charge is 0.465 e. The summed E-state index contributed by atoms with van der Waals surface area (Å²) < 4.78 is 5.82. The number of hydrogen-bond acceptors (Lipinski definition) is 4. The van der Waals surface area contributed by atoms with Crippen LogP contribution in [0.4, 0.5) is 0 Å². The Balaban J connectivity index is 1.91. The van der Waals surface area contributed by atoms with Crippen molar-refractivity contribution in [3.63, 3.8) is 0 Å². The van der Waals surface area contributed by atoms with E-state index in [0.29, 0.717) is 12.0 Å². The average Bonchev–Trinajstić information content (AvgIpc) is 2.89. The van der Waals surface area contributed by atoms with Crippen LogP contribution in [0.15, 0.2) is 16.5 Å². The Kier molecular flexibility index (Phi) is 6.27. The molecule has 4 heteroatoms. The standard InChI is InChI=1S/C17H30N2O2/c1-4-16-5-6-17(21-16)13-18-8-9-19(11-14(2)3)15(12-18)7-10-20/h5-6,14-15,20H,4,7-13H2,1-3H3/t15-/m0/s1. The van der Waals surface area contributed by atoms with E-state index in [1.807, 2.05) is 0 Å². The number of furan rings is 1. The molecule has 0 saturated carbocycles. The number of aryl methyl sites for hydroxylation is 1. The van der Waals surface area contributed by atoms with Crippen LogP contribution in [0.1, 0.15) is 38.7 Å². The van der Waals surface area contributed by atoms with E-state index in [2.05, 4.69) is 42.7 Å². The number of nitrogens with zero attached hydrogens (tertiary/aromatic N) is 2. The highest BCUT2D eigenvalue weighted by Crippen LogP contribution is 2.18. The van der Waals surface area contributed by atoms with Crippen LogP contribution in [0.2, 0.25) is 0 Å². The van der Waals surface area contributed by atoms with E-state index in [-0.39, 0.29) is 6.61 Å². The van der Waals surface area contributed by atoms with Gasteiger partial charge in [0.15, 0.2) is 0 Å². The van der Waals surface area contributed by atoms with Crippen LogP contribution in [0, 0.1) is 5.92 Å². The van der Waals surface area contributed by atoms with E-state index in [4.69, 9.17) is 4.42 Å². The molecule has 1 aromatic rings. The highest BCUT2D eigenvalue weighted by Gasteiger charge is 2.27. The van der Waals surface area contributed by atoms with Gasteiger partial charge in [0, 0.05) is 45.2 Å². The lowest BCUT2D eigenvalue weighted by Crippen LogP contribution is -2.53. The second-order valence-electron chi connectivity index (χ2n) is 6.51. The van der Waals surface area contributed by atoms with Gasteiger partial charge in [-0.3, -0.25) is 9.80 Å². The number of aliphatic hydroxyl groups is 1. The molecule has 2 rings (SSSR count). The van der Waals surface area contributed by atoms with Crippen molar-refractivity contribution in [2.75, 3.05) is 32.8 Å². The van der Waals surface area contributed by atoms with Crippen molar-refractivity contribution in [2.24, 2.45) is 5.92 Å². The van der Waals surface area contributed by atoms with E-state index in [9.17, 15) is 5.11 Å². The number of aliphatic hydroxyl groups excluding tert-OH is 1. The van der Waals surface area contributed by atoms with Crippen molar-refractivity contribution in [3.8, 4) is 0 Å². The summed E-state index contributed by atoms with van der Waals surface area (Å²) in [6.07, 6.45) is 1.82. The van der Waals surface area contributed by atoms with E-state index < -0.39 is 0 Å². The minimum absolute atomic E-state index is 0.272. The fraction of sp³-hybridized carbons (Fsp3) is 0.765. The van der Waals surface area contributed by atoms with Crippen LogP contribution in [0.5, 0.6) is 0 Å². The van der Waals surface area contributed by atoms with Gasteiger partial charge in [-0.2, -0.15) is 0 Å². The second-order valence-corrected chi connectivity index (χ2v) is 6.51. The van der Waals surface area contributed by atoms with Crippen LogP contribution in [0.25, 0.3) is 0 Å². The van der Waals surface area contributed by atoms with Crippen LogP contribution in [-0.2, 0) is 13.0 Å². The normalized spacial score (nSPS) is 21.3. The maximum absolute atomic E-state index is 9.32. The molecule has 1 aliphatic rings. The number of rotatable bonds is 7. The smallest absolute Gasteiger partial charge is 0.118 e. The molecule has 0 spiro atoms. The highest BCUT2D eigenvalue weighted by molar-refractivity contribution is 5.07. The van der Waals surface area contributed by atoms with E-state index in [1.54, 1.807) is 0 Å². The molecule has 1 fully saturated rings. The Morgan fingerprint density at radius 1 is 1.29 bits per heavy atom. The van der Waals surface area contributed by atoms with Crippen molar-refractivity contribution in [3.05, 3.63) is 23.7 Å². The average molecular weight is 294 g/mol. The Labute approximate surface area is 128 Å². The third-order valence-corrected chi connectivity index (χ3v) is 4.20. The van der Waals surface area contributed by atoms with Crippen molar-refractivity contribution < 1.29 is 9.52 Å². The third kappa shape index (κ3) is 4.83. The lowest BCUT2D eigenvalue weighted by atomic mass is 10.1. The molecular formula is C17H30N2O2. The van der Waals surface area contributed by atoms with Crippen LogP contribution in [0.3, 0.4) is 0 Å². The van der Waals surface area contributed by atoms with E-state index in [0.717, 1.165) is 57.1 Å². The Hall–Kier alpha value is -0.840. The lowest BCUT2D eigenvalue weighted by molar-refractivity contribution is 0.0445. The first-order valence-electron chi connectivity index (χ1n) is 8.27. The predicted octanol–water partition coefficient (Wildman–Crippen LogP) is 2.37. The first-order chi connectivity index (χ1) is 10.1. The molecule has 0 radical (unpaired) electrons. The molecule has 120 valence electrons. The molecule has 1 aromatic heterocycles. The molecule has 1 aliphatic heterocycles. The molecule has 1 saturated heterocycles. The van der Waals surface area contributed by atoms with Crippen LogP contribution in [-0.4, -0.2) is 53.7 Å². The van der Waals surface area contributed by atoms with Crippen molar-refractivity contribution in [2.45, 2.75) is 46.2 Å². The number of piperazine rings is 1. The molecule has 2 heterocycles. The van der Waals surface area contributed by atoms with Gasteiger partial charge in [-0.1, -0.05) is 20.8 Å². The SMILES string of the molecule is CCc1ccc(CN2CCN(CC(C)C)[C@@H](CCO)C2)o1. The summed E-state index contributed by atoms with van der Waals surface area (Å²) >= 11 is 0. The van der Waals surface area contributed by atoms with E-state index >= 15 is 0 Å². The van der Waals surface area contributed by atoms with Gasteiger partial charge in [-0.15, -0.1) is 0 Å². The van der Waals surface area contributed by atoms with Gasteiger partial charge in [0.2, 0.25) is 0 Å². The molecule has 4 nitrogen and oxygen atoms in total. The van der Waals surface area contributed by atoms with Gasteiger partial charge >= 0.3 is 0 Å². The quantitative estimate of drug-likeness (QED) is 0.838. The molecular weight excluding hydrogens is 264 g/mol. The van der Waals surface area contributed by atoms with E-state index in [1.165, 1.54) is 0 Å². The maximum Gasteiger partial charge on any atom is 0.118 e. The van der Waals surface area contributed by atoms with Gasteiger partial charge in [0.05, 0.1) is 6.54 Å². The lowest BCUT2D eigenvalue weighted by Gasteiger charge is -2.42. The second kappa shape index (κ2) is 7.97. The summed E-state index contributed by atoms with van der Waals surface area (Å²) in [7, 11) is 0. The Morgan fingerprint density at radius 3 is 2.67 bits per heavy atom. The predicted molar refractivity (Wildman–Crippen MR) is 85.3 cm³/mol. The fourth-order valence-corrected chi connectivity index (χ4v) is 3.15. The molecule has 1 N–H and O–H groups in total. The van der Waals surface area contributed by atoms with Crippen molar-refractivity contribution >= 4 is 0 Å². The summed E-state index contributed by atoms with van der Waals surface area (Å²) in [4.78, 5) is 4.99. The summed E-state index contributed by atoms with van der Waals surface area (Å²) in [5.41, 5.74) is 0. The topological polar surface area (TPSA) is 39.9 Å². The molecule has 0 amide bonds. The fourth-order valence-electron chi connectivity index (χ4n) is 3.15. The summed E-state index contributed by atoms with van der Waals surface area (Å²) in [6.45, 7) is 12.1. The Bertz CT molecular complexity index is 417. The van der Waals surface area contributed by atoms with Crippen molar-refractivity contribution in [1.82, 2.24) is 9.80 Å². The van der Waals surface area contributed by atoms with Crippen LogP contribution >= 0.6 is 0 Å². The van der Waals surface area contributed by atoms with Crippen LogP contribution < -0.4 is 0 Å². The molecule has 0 aliphatic carbocycles. The zero-order chi connectivity index (χ0) is 15.2. The molecule has 21 heavy (non-hydrogen) atoms. The number of hydrogen-bond donors (Lipinski definition) is 1. The minimum atomic E-state index is 0.272.